The van der Waals surface area contributed by atoms with Crippen LogP contribution in [0.1, 0.15) is 30.0 Å². The van der Waals surface area contributed by atoms with Crippen molar-refractivity contribution in [2.45, 2.75) is 25.0 Å². The molecule has 3 rings (SSSR count). The van der Waals surface area contributed by atoms with Gasteiger partial charge in [0.05, 0.1) is 19.3 Å². The van der Waals surface area contributed by atoms with Crippen LogP contribution in [0.5, 0.6) is 11.5 Å². The molecule has 20 heavy (non-hydrogen) atoms. The topological polar surface area (TPSA) is 44.5 Å². The van der Waals surface area contributed by atoms with Crippen molar-refractivity contribution in [3.63, 3.8) is 0 Å². The van der Waals surface area contributed by atoms with E-state index < -0.39 is 0 Å². The molecule has 0 spiro atoms. The highest BCUT2D eigenvalue weighted by atomic mass is 16.5. The molecule has 0 radical (unpaired) electrons. The van der Waals surface area contributed by atoms with E-state index in [1.165, 1.54) is 0 Å². The standard InChI is InChI=1S/C17H19NO2/c1-19-16-8-3-2-7-15(16)17(18)12-5-4-6-14(11-12)20-13-9-10-13/h2-8,11,13,17H,9-10,18H2,1H3. The third-order valence-corrected chi connectivity index (χ3v) is 3.52. The summed E-state index contributed by atoms with van der Waals surface area (Å²) < 4.78 is 11.2. The van der Waals surface area contributed by atoms with E-state index in [4.69, 9.17) is 15.2 Å². The zero-order chi connectivity index (χ0) is 13.9. The predicted octanol–water partition coefficient (Wildman–Crippen LogP) is 3.28. The Kier molecular flexibility index (Phi) is 3.61. The van der Waals surface area contributed by atoms with Gasteiger partial charge in [0, 0.05) is 5.56 Å². The van der Waals surface area contributed by atoms with Gasteiger partial charge in [-0.1, -0.05) is 30.3 Å². The number of rotatable bonds is 5. The van der Waals surface area contributed by atoms with Crippen LogP contribution in [0.4, 0.5) is 0 Å². The van der Waals surface area contributed by atoms with Crippen molar-refractivity contribution in [2.24, 2.45) is 5.73 Å². The first-order valence-electron chi connectivity index (χ1n) is 6.93. The molecule has 1 aliphatic rings. The fourth-order valence-electron chi connectivity index (χ4n) is 2.26. The van der Waals surface area contributed by atoms with Crippen LogP contribution in [-0.2, 0) is 0 Å². The summed E-state index contributed by atoms with van der Waals surface area (Å²) in [5, 5.41) is 0. The Balaban J connectivity index is 1.87. The van der Waals surface area contributed by atoms with E-state index in [9.17, 15) is 0 Å². The molecule has 0 saturated heterocycles. The van der Waals surface area contributed by atoms with Gasteiger partial charge >= 0.3 is 0 Å². The number of nitrogens with two attached hydrogens (primary N) is 1. The Labute approximate surface area is 119 Å². The predicted molar refractivity (Wildman–Crippen MR) is 79.1 cm³/mol. The summed E-state index contributed by atoms with van der Waals surface area (Å²) in [5.74, 6) is 1.71. The maximum absolute atomic E-state index is 6.37. The number of methoxy groups -OCH3 is 1. The molecule has 3 heteroatoms. The minimum absolute atomic E-state index is 0.214. The number of hydrogen-bond acceptors (Lipinski definition) is 3. The molecule has 104 valence electrons. The molecule has 1 saturated carbocycles. The summed E-state index contributed by atoms with van der Waals surface area (Å²) in [6.45, 7) is 0. The molecular weight excluding hydrogens is 250 g/mol. The number of para-hydroxylation sites is 1. The lowest BCUT2D eigenvalue weighted by Crippen LogP contribution is -2.13. The molecule has 2 N–H and O–H groups in total. The molecule has 1 fully saturated rings. The average Bonchev–Trinajstić information content (AvgIpc) is 3.30. The first-order chi connectivity index (χ1) is 9.78. The molecule has 0 heterocycles. The van der Waals surface area contributed by atoms with Crippen molar-refractivity contribution >= 4 is 0 Å². The van der Waals surface area contributed by atoms with Gasteiger partial charge in [0.1, 0.15) is 11.5 Å². The number of hydrogen-bond donors (Lipinski definition) is 1. The van der Waals surface area contributed by atoms with E-state index in [2.05, 4.69) is 0 Å². The van der Waals surface area contributed by atoms with Crippen LogP contribution in [0.2, 0.25) is 0 Å². The van der Waals surface area contributed by atoms with Crippen molar-refractivity contribution in [1.29, 1.82) is 0 Å². The van der Waals surface area contributed by atoms with Crippen LogP contribution in [0.3, 0.4) is 0 Å². The normalized spacial score (nSPS) is 15.7. The largest absolute Gasteiger partial charge is 0.496 e. The lowest BCUT2D eigenvalue weighted by atomic mass is 9.98. The van der Waals surface area contributed by atoms with Crippen molar-refractivity contribution in [2.75, 3.05) is 7.11 Å². The summed E-state index contributed by atoms with van der Waals surface area (Å²) in [6, 6.07) is 15.7. The SMILES string of the molecule is COc1ccccc1C(N)c1cccc(OC2CC2)c1. The van der Waals surface area contributed by atoms with E-state index in [0.29, 0.717) is 6.10 Å². The zero-order valence-corrected chi connectivity index (χ0v) is 11.6. The molecule has 0 aromatic heterocycles. The monoisotopic (exact) mass is 269 g/mol. The quantitative estimate of drug-likeness (QED) is 0.906. The Morgan fingerprint density at radius 1 is 1.10 bits per heavy atom. The van der Waals surface area contributed by atoms with Gasteiger partial charge in [0.2, 0.25) is 0 Å². The molecule has 2 aromatic rings. The van der Waals surface area contributed by atoms with Gasteiger partial charge < -0.3 is 15.2 Å². The molecule has 0 amide bonds. The highest BCUT2D eigenvalue weighted by Gasteiger charge is 2.23. The lowest BCUT2D eigenvalue weighted by molar-refractivity contribution is 0.303. The van der Waals surface area contributed by atoms with E-state index in [-0.39, 0.29) is 6.04 Å². The van der Waals surface area contributed by atoms with Gasteiger partial charge in [-0.3, -0.25) is 0 Å². The average molecular weight is 269 g/mol. The Morgan fingerprint density at radius 2 is 1.90 bits per heavy atom. The van der Waals surface area contributed by atoms with E-state index in [1.807, 2.05) is 48.5 Å². The van der Waals surface area contributed by atoms with E-state index >= 15 is 0 Å². The van der Waals surface area contributed by atoms with Gasteiger partial charge in [0.15, 0.2) is 0 Å². The van der Waals surface area contributed by atoms with Crippen LogP contribution >= 0.6 is 0 Å². The van der Waals surface area contributed by atoms with Crippen LogP contribution in [-0.4, -0.2) is 13.2 Å². The first kappa shape index (κ1) is 13.0. The summed E-state index contributed by atoms with van der Waals surface area (Å²) in [4.78, 5) is 0. The molecule has 0 aliphatic heterocycles. The first-order valence-corrected chi connectivity index (χ1v) is 6.93. The molecule has 1 aliphatic carbocycles. The highest BCUT2D eigenvalue weighted by Crippen LogP contribution is 2.31. The second kappa shape index (κ2) is 5.55. The van der Waals surface area contributed by atoms with Gasteiger partial charge in [-0.15, -0.1) is 0 Å². The van der Waals surface area contributed by atoms with Gasteiger partial charge in [-0.25, -0.2) is 0 Å². The van der Waals surface area contributed by atoms with Crippen molar-refractivity contribution in [3.8, 4) is 11.5 Å². The maximum Gasteiger partial charge on any atom is 0.123 e. The second-order valence-electron chi connectivity index (χ2n) is 5.11. The molecule has 1 atom stereocenters. The van der Waals surface area contributed by atoms with Crippen LogP contribution in [0.25, 0.3) is 0 Å². The van der Waals surface area contributed by atoms with Crippen molar-refractivity contribution < 1.29 is 9.47 Å². The Bertz CT molecular complexity index is 593. The van der Waals surface area contributed by atoms with Crippen LogP contribution < -0.4 is 15.2 Å². The third kappa shape index (κ3) is 2.78. The zero-order valence-electron chi connectivity index (χ0n) is 11.6. The minimum Gasteiger partial charge on any atom is -0.496 e. The van der Waals surface area contributed by atoms with E-state index in [0.717, 1.165) is 35.5 Å². The minimum atomic E-state index is -0.214. The van der Waals surface area contributed by atoms with Crippen molar-refractivity contribution in [1.82, 2.24) is 0 Å². The smallest absolute Gasteiger partial charge is 0.123 e. The number of ether oxygens (including phenoxy) is 2. The van der Waals surface area contributed by atoms with Gasteiger partial charge in [0.25, 0.3) is 0 Å². The Hall–Kier alpha value is -2.00. The fraction of sp³-hybridized carbons (Fsp3) is 0.294. The highest BCUT2D eigenvalue weighted by molar-refractivity contribution is 5.43. The fourth-order valence-corrected chi connectivity index (χ4v) is 2.26. The molecule has 1 unspecified atom stereocenters. The summed E-state index contributed by atoms with van der Waals surface area (Å²) in [5.41, 5.74) is 8.39. The van der Waals surface area contributed by atoms with Crippen LogP contribution in [0.15, 0.2) is 48.5 Å². The van der Waals surface area contributed by atoms with Crippen molar-refractivity contribution in [3.05, 3.63) is 59.7 Å². The molecule has 3 nitrogen and oxygen atoms in total. The van der Waals surface area contributed by atoms with Crippen LogP contribution in [0, 0.1) is 0 Å². The maximum atomic E-state index is 6.37. The summed E-state index contributed by atoms with van der Waals surface area (Å²) in [7, 11) is 1.66. The molecular formula is C17H19NO2. The summed E-state index contributed by atoms with van der Waals surface area (Å²) >= 11 is 0. The number of benzene rings is 2. The van der Waals surface area contributed by atoms with Gasteiger partial charge in [-0.2, -0.15) is 0 Å². The third-order valence-electron chi connectivity index (χ3n) is 3.52. The second-order valence-corrected chi connectivity index (χ2v) is 5.11. The molecule has 2 aromatic carbocycles. The molecule has 0 bridgehead atoms. The Morgan fingerprint density at radius 3 is 2.65 bits per heavy atom. The van der Waals surface area contributed by atoms with E-state index in [1.54, 1.807) is 7.11 Å². The summed E-state index contributed by atoms with van der Waals surface area (Å²) in [6.07, 6.45) is 2.71. The van der Waals surface area contributed by atoms with Gasteiger partial charge in [-0.05, 0) is 36.6 Å². The lowest BCUT2D eigenvalue weighted by Gasteiger charge is -2.17.